The van der Waals surface area contributed by atoms with E-state index >= 15 is 0 Å². The molecular weight excluding hydrogens is 234 g/mol. The fourth-order valence-electron chi connectivity index (χ4n) is 3.03. The van der Waals surface area contributed by atoms with Gasteiger partial charge < -0.3 is 10.4 Å². The molecule has 1 aromatic carbocycles. The van der Waals surface area contributed by atoms with Gasteiger partial charge in [0.1, 0.15) is 0 Å². The van der Waals surface area contributed by atoms with Crippen molar-refractivity contribution in [2.24, 2.45) is 5.92 Å². The maximum absolute atomic E-state index is 10.0. The molecule has 1 saturated carbocycles. The topological polar surface area (TPSA) is 32.3 Å². The summed E-state index contributed by atoms with van der Waals surface area (Å²) in [4.78, 5) is 0. The molecule has 19 heavy (non-hydrogen) atoms. The zero-order valence-corrected chi connectivity index (χ0v) is 12.1. The molecule has 1 aromatic rings. The average Bonchev–Trinajstić information content (AvgIpc) is 2.91. The molecule has 1 aliphatic rings. The van der Waals surface area contributed by atoms with Crippen molar-refractivity contribution in [2.75, 3.05) is 11.9 Å². The summed E-state index contributed by atoms with van der Waals surface area (Å²) in [6, 6.07) is 8.59. The molecule has 2 heteroatoms. The Balaban J connectivity index is 1.71. The van der Waals surface area contributed by atoms with Gasteiger partial charge in [-0.25, -0.2) is 0 Å². The molecule has 106 valence electrons. The van der Waals surface area contributed by atoms with Crippen LogP contribution in [0.25, 0.3) is 0 Å². The van der Waals surface area contributed by atoms with Gasteiger partial charge in [-0.2, -0.15) is 0 Å². The molecule has 1 fully saturated rings. The molecule has 0 amide bonds. The van der Waals surface area contributed by atoms with Crippen LogP contribution in [0.1, 0.15) is 51.0 Å². The highest BCUT2D eigenvalue weighted by Crippen LogP contribution is 2.28. The van der Waals surface area contributed by atoms with Gasteiger partial charge in [-0.05, 0) is 36.5 Å². The van der Waals surface area contributed by atoms with Crippen LogP contribution < -0.4 is 5.32 Å². The van der Waals surface area contributed by atoms with Gasteiger partial charge in [0.2, 0.25) is 0 Å². The monoisotopic (exact) mass is 261 g/mol. The highest BCUT2D eigenvalue weighted by Gasteiger charge is 2.18. The lowest BCUT2D eigenvalue weighted by Crippen LogP contribution is -2.21. The third kappa shape index (κ3) is 4.87. The number of anilines is 1. The maximum atomic E-state index is 10.0. The Hall–Kier alpha value is -1.02. The largest absolute Gasteiger partial charge is 0.391 e. The smallest absolute Gasteiger partial charge is 0.0715 e. The molecular formula is C17H27NO. The van der Waals surface area contributed by atoms with Crippen LogP contribution >= 0.6 is 0 Å². The van der Waals surface area contributed by atoms with Crippen molar-refractivity contribution < 1.29 is 5.11 Å². The van der Waals surface area contributed by atoms with Crippen LogP contribution in [0, 0.1) is 5.92 Å². The van der Waals surface area contributed by atoms with Crippen molar-refractivity contribution >= 4 is 5.69 Å². The van der Waals surface area contributed by atoms with Crippen molar-refractivity contribution in [1.82, 2.24) is 0 Å². The van der Waals surface area contributed by atoms with Crippen molar-refractivity contribution in [3.63, 3.8) is 0 Å². The SMILES string of the molecule is CCCc1ccc(NCC(O)CC2CCCC2)cc1. The molecule has 0 radical (unpaired) electrons. The molecule has 0 bridgehead atoms. The Labute approximate surface area is 117 Å². The van der Waals surface area contributed by atoms with E-state index in [1.807, 2.05) is 0 Å². The summed E-state index contributed by atoms with van der Waals surface area (Å²) >= 11 is 0. The lowest BCUT2D eigenvalue weighted by molar-refractivity contribution is 0.155. The Bertz CT molecular complexity index is 354. The molecule has 2 nitrogen and oxygen atoms in total. The molecule has 0 aliphatic heterocycles. The first kappa shape index (κ1) is 14.4. The first-order valence-corrected chi connectivity index (χ1v) is 7.79. The molecule has 0 spiro atoms. The van der Waals surface area contributed by atoms with Gasteiger partial charge in [0.25, 0.3) is 0 Å². The predicted octanol–water partition coefficient (Wildman–Crippen LogP) is 3.99. The van der Waals surface area contributed by atoms with Gasteiger partial charge in [0.05, 0.1) is 6.10 Å². The predicted molar refractivity (Wildman–Crippen MR) is 81.5 cm³/mol. The minimum atomic E-state index is -0.210. The maximum Gasteiger partial charge on any atom is 0.0715 e. The van der Waals surface area contributed by atoms with Crippen molar-refractivity contribution in [2.45, 2.75) is 58.0 Å². The summed E-state index contributed by atoms with van der Waals surface area (Å²) in [6.45, 7) is 2.87. The van der Waals surface area contributed by atoms with E-state index in [9.17, 15) is 5.11 Å². The van der Waals surface area contributed by atoms with E-state index in [-0.39, 0.29) is 6.10 Å². The van der Waals surface area contributed by atoms with Crippen molar-refractivity contribution in [3.8, 4) is 0 Å². The Kier molecular flexibility index (Phi) is 5.71. The molecule has 0 heterocycles. The molecule has 1 atom stereocenters. The highest BCUT2D eigenvalue weighted by atomic mass is 16.3. The fraction of sp³-hybridized carbons (Fsp3) is 0.647. The minimum absolute atomic E-state index is 0.210. The lowest BCUT2D eigenvalue weighted by atomic mass is 10.00. The van der Waals surface area contributed by atoms with Crippen LogP contribution in [-0.2, 0) is 6.42 Å². The second-order valence-corrected chi connectivity index (χ2v) is 5.87. The molecule has 2 rings (SSSR count). The van der Waals surface area contributed by atoms with E-state index in [4.69, 9.17) is 0 Å². The standard InChI is InChI=1S/C17H27NO/c1-2-5-14-8-10-16(11-9-14)18-13-17(19)12-15-6-3-4-7-15/h8-11,15,17-19H,2-7,12-13H2,1H3. The average molecular weight is 261 g/mol. The van der Waals surface area contributed by atoms with Crippen LogP contribution in [0.3, 0.4) is 0 Å². The first-order valence-electron chi connectivity index (χ1n) is 7.79. The van der Waals surface area contributed by atoms with E-state index < -0.39 is 0 Å². The molecule has 1 aliphatic carbocycles. The van der Waals surface area contributed by atoms with Gasteiger partial charge in [0, 0.05) is 12.2 Å². The zero-order valence-electron chi connectivity index (χ0n) is 12.1. The molecule has 0 saturated heterocycles. The summed E-state index contributed by atoms with van der Waals surface area (Å²) in [5.41, 5.74) is 2.50. The van der Waals surface area contributed by atoms with Crippen LogP contribution in [0.2, 0.25) is 0 Å². The number of aliphatic hydroxyl groups excluding tert-OH is 1. The highest BCUT2D eigenvalue weighted by molar-refractivity contribution is 5.44. The summed E-state index contributed by atoms with van der Waals surface area (Å²) in [7, 11) is 0. The van der Waals surface area contributed by atoms with Gasteiger partial charge in [-0.15, -0.1) is 0 Å². The number of aryl methyl sites for hydroxylation is 1. The number of aliphatic hydroxyl groups is 1. The summed E-state index contributed by atoms with van der Waals surface area (Å²) < 4.78 is 0. The van der Waals surface area contributed by atoms with E-state index in [0.717, 1.165) is 24.4 Å². The Morgan fingerprint density at radius 2 is 1.89 bits per heavy atom. The van der Waals surface area contributed by atoms with Gasteiger partial charge in [0.15, 0.2) is 0 Å². The Morgan fingerprint density at radius 3 is 2.53 bits per heavy atom. The van der Waals surface area contributed by atoms with Gasteiger partial charge in [-0.1, -0.05) is 51.2 Å². The lowest BCUT2D eigenvalue weighted by Gasteiger charge is -2.16. The molecule has 0 aromatic heterocycles. The fourth-order valence-corrected chi connectivity index (χ4v) is 3.03. The third-order valence-electron chi connectivity index (χ3n) is 4.11. The van der Waals surface area contributed by atoms with Crippen molar-refractivity contribution in [1.29, 1.82) is 0 Å². The molecule has 1 unspecified atom stereocenters. The van der Waals surface area contributed by atoms with E-state index in [2.05, 4.69) is 36.5 Å². The third-order valence-corrected chi connectivity index (χ3v) is 4.11. The molecule has 2 N–H and O–H groups in total. The summed E-state index contributed by atoms with van der Waals surface area (Å²) in [5, 5.41) is 13.4. The van der Waals surface area contributed by atoms with Crippen LogP contribution in [0.4, 0.5) is 5.69 Å². The van der Waals surface area contributed by atoms with Gasteiger partial charge in [-0.3, -0.25) is 0 Å². The number of nitrogens with one attached hydrogen (secondary N) is 1. The normalized spacial score (nSPS) is 17.6. The second kappa shape index (κ2) is 7.54. The van der Waals surface area contributed by atoms with E-state index in [0.29, 0.717) is 6.54 Å². The van der Waals surface area contributed by atoms with Gasteiger partial charge >= 0.3 is 0 Å². The second-order valence-electron chi connectivity index (χ2n) is 5.87. The quantitative estimate of drug-likeness (QED) is 0.777. The van der Waals surface area contributed by atoms with E-state index in [1.165, 1.54) is 37.7 Å². The van der Waals surface area contributed by atoms with Crippen LogP contribution in [0.15, 0.2) is 24.3 Å². The number of hydrogen-bond acceptors (Lipinski definition) is 2. The number of benzene rings is 1. The van der Waals surface area contributed by atoms with Crippen LogP contribution in [-0.4, -0.2) is 17.8 Å². The van der Waals surface area contributed by atoms with E-state index in [1.54, 1.807) is 0 Å². The number of hydrogen-bond donors (Lipinski definition) is 2. The minimum Gasteiger partial charge on any atom is -0.391 e. The Morgan fingerprint density at radius 1 is 1.21 bits per heavy atom. The number of rotatable bonds is 7. The zero-order chi connectivity index (χ0) is 13.5. The summed E-state index contributed by atoms with van der Waals surface area (Å²) in [5.74, 6) is 0.753. The first-order chi connectivity index (χ1) is 9.28. The van der Waals surface area contributed by atoms with Crippen LogP contribution in [0.5, 0.6) is 0 Å². The summed E-state index contributed by atoms with van der Waals surface area (Å²) in [6.07, 6.45) is 8.40. The van der Waals surface area contributed by atoms with Crippen molar-refractivity contribution in [3.05, 3.63) is 29.8 Å².